The predicted octanol–water partition coefficient (Wildman–Crippen LogP) is 2.45. The van der Waals surface area contributed by atoms with Crippen LogP contribution in [-0.4, -0.2) is 22.2 Å². The molecule has 0 saturated heterocycles. The van der Waals surface area contributed by atoms with E-state index < -0.39 is 0 Å². The number of carbonyl (C=O) groups excluding carboxylic acids is 1. The fraction of sp³-hybridized carbons (Fsp3) is 0.538. The number of anilines is 1. The zero-order chi connectivity index (χ0) is 14.0. The standard InChI is InChI=1S/C13H20N4OS/c1-4-5-6-7-15-12(18)11-10(14)9-8(2)16-17(3)13(9)19-11/h4-7,14H2,1-3H3,(H,15,18). The summed E-state index contributed by atoms with van der Waals surface area (Å²) in [6.45, 7) is 4.76. The van der Waals surface area contributed by atoms with Crippen molar-refractivity contribution < 1.29 is 4.79 Å². The van der Waals surface area contributed by atoms with Crippen molar-refractivity contribution in [1.82, 2.24) is 15.1 Å². The van der Waals surface area contributed by atoms with Gasteiger partial charge in [0.15, 0.2) is 0 Å². The van der Waals surface area contributed by atoms with Crippen LogP contribution in [0.5, 0.6) is 0 Å². The normalized spacial score (nSPS) is 11.1. The molecule has 0 saturated carbocycles. The van der Waals surface area contributed by atoms with Crippen LogP contribution in [0, 0.1) is 6.92 Å². The number of thiophene rings is 1. The number of nitrogens with zero attached hydrogens (tertiary/aromatic N) is 2. The molecule has 0 aliphatic heterocycles. The molecule has 0 aliphatic carbocycles. The molecule has 0 atom stereocenters. The summed E-state index contributed by atoms with van der Waals surface area (Å²) >= 11 is 1.41. The van der Waals surface area contributed by atoms with Crippen molar-refractivity contribution in [1.29, 1.82) is 0 Å². The van der Waals surface area contributed by atoms with Gasteiger partial charge in [-0.3, -0.25) is 9.48 Å². The first-order chi connectivity index (χ1) is 9.06. The summed E-state index contributed by atoms with van der Waals surface area (Å²) in [4.78, 5) is 13.7. The van der Waals surface area contributed by atoms with E-state index in [1.165, 1.54) is 11.3 Å². The van der Waals surface area contributed by atoms with Crippen LogP contribution in [0.25, 0.3) is 10.2 Å². The number of aryl methyl sites for hydroxylation is 2. The largest absolute Gasteiger partial charge is 0.397 e. The van der Waals surface area contributed by atoms with E-state index in [-0.39, 0.29) is 5.91 Å². The Morgan fingerprint density at radius 2 is 2.21 bits per heavy atom. The molecule has 2 rings (SSSR count). The molecule has 0 unspecified atom stereocenters. The number of unbranched alkanes of at least 4 members (excludes halogenated alkanes) is 2. The van der Waals surface area contributed by atoms with Gasteiger partial charge in [0, 0.05) is 13.6 Å². The Bertz CT molecular complexity index is 599. The van der Waals surface area contributed by atoms with Crippen LogP contribution in [0.15, 0.2) is 0 Å². The van der Waals surface area contributed by atoms with E-state index in [2.05, 4.69) is 17.3 Å². The SMILES string of the molecule is CCCCCNC(=O)c1sc2c(c(C)nn2C)c1N. The van der Waals surface area contributed by atoms with Crippen LogP contribution in [0.1, 0.15) is 41.6 Å². The van der Waals surface area contributed by atoms with E-state index in [0.717, 1.165) is 35.2 Å². The Balaban J connectivity index is 2.18. The number of rotatable bonds is 5. The van der Waals surface area contributed by atoms with E-state index in [4.69, 9.17) is 5.73 Å². The molecule has 2 aromatic rings. The molecule has 19 heavy (non-hydrogen) atoms. The molecule has 2 aromatic heterocycles. The van der Waals surface area contributed by atoms with Crippen molar-refractivity contribution in [3.05, 3.63) is 10.6 Å². The summed E-state index contributed by atoms with van der Waals surface area (Å²) in [6.07, 6.45) is 3.28. The fourth-order valence-electron chi connectivity index (χ4n) is 2.16. The van der Waals surface area contributed by atoms with Gasteiger partial charge in [-0.05, 0) is 13.3 Å². The smallest absolute Gasteiger partial charge is 0.263 e. The van der Waals surface area contributed by atoms with E-state index in [0.29, 0.717) is 17.1 Å². The van der Waals surface area contributed by atoms with Gasteiger partial charge in [0.05, 0.1) is 16.8 Å². The number of hydrogen-bond acceptors (Lipinski definition) is 4. The first-order valence-electron chi connectivity index (χ1n) is 6.56. The number of aromatic nitrogens is 2. The predicted molar refractivity (Wildman–Crippen MR) is 79.6 cm³/mol. The Kier molecular flexibility index (Phi) is 4.09. The van der Waals surface area contributed by atoms with Crippen molar-refractivity contribution in [3.8, 4) is 0 Å². The lowest BCUT2D eigenvalue weighted by Gasteiger charge is -2.03. The molecule has 6 heteroatoms. The van der Waals surface area contributed by atoms with Gasteiger partial charge < -0.3 is 11.1 Å². The third-order valence-corrected chi connectivity index (χ3v) is 4.43. The summed E-state index contributed by atoms with van der Waals surface area (Å²) in [5, 5.41) is 8.15. The van der Waals surface area contributed by atoms with Gasteiger partial charge in [0.25, 0.3) is 5.91 Å². The minimum atomic E-state index is -0.0748. The second-order valence-electron chi connectivity index (χ2n) is 4.70. The molecule has 0 aliphatic rings. The van der Waals surface area contributed by atoms with Gasteiger partial charge in [-0.25, -0.2) is 0 Å². The first-order valence-corrected chi connectivity index (χ1v) is 7.37. The highest BCUT2D eigenvalue weighted by Crippen LogP contribution is 2.35. The van der Waals surface area contributed by atoms with E-state index in [1.54, 1.807) is 4.68 Å². The average molecular weight is 280 g/mol. The quantitative estimate of drug-likeness (QED) is 0.826. The van der Waals surface area contributed by atoms with Crippen LogP contribution in [0.3, 0.4) is 0 Å². The topological polar surface area (TPSA) is 72.9 Å². The Hall–Kier alpha value is -1.56. The van der Waals surface area contributed by atoms with Crippen molar-refractivity contribution in [2.75, 3.05) is 12.3 Å². The van der Waals surface area contributed by atoms with Gasteiger partial charge in [-0.2, -0.15) is 5.10 Å². The van der Waals surface area contributed by atoms with Crippen molar-refractivity contribution in [3.63, 3.8) is 0 Å². The Morgan fingerprint density at radius 1 is 1.47 bits per heavy atom. The maximum Gasteiger partial charge on any atom is 0.263 e. The fourth-order valence-corrected chi connectivity index (χ4v) is 3.26. The highest BCUT2D eigenvalue weighted by molar-refractivity contribution is 7.21. The van der Waals surface area contributed by atoms with E-state index in [9.17, 15) is 4.79 Å². The second-order valence-corrected chi connectivity index (χ2v) is 5.70. The van der Waals surface area contributed by atoms with Crippen LogP contribution in [-0.2, 0) is 7.05 Å². The summed E-state index contributed by atoms with van der Waals surface area (Å²) in [5.74, 6) is -0.0748. The van der Waals surface area contributed by atoms with Crippen LogP contribution >= 0.6 is 11.3 Å². The first kappa shape index (κ1) is 13.9. The second kappa shape index (κ2) is 5.61. The lowest BCUT2D eigenvalue weighted by atomic mass is 10.2. The van der Waals surface area contributed by atoms with E-state index >= 15 is 0 Å². The number of carbonyl (C=O) groups is 1. The number of hydrogen-bond donors (Lipinski definition) is 2. The third-order valence-electron chi connectivity index (χ3n) is 3.15. The lowest BCUT2D eigenvalue weighted by molar-refractivity contribution is 0.0958. The molecule has 0 radical (unpaired) electrons. The molecule has 0 spiro atoms. The zero-order valence-corrected chi connectivity index (χ0v) is 12.4. The minimum absolute atomic E-state index is 0.0748. The number of nitrogen functional groups attached to an aromatic ring is 1. The van der Waals surface area contributed by atoms with Crippen LogP contribution in [0.2, 0.25) is 0 Å². The molecule has 104 valence electrons. The maximum absolute atomic E-state index is 12.1. The zero-order valence-electron chi connectivity index (χ0n) is 11.6. The van der Waals surface area contributed by atoms with Gasteiger partial charge in [-0.15, -0.1) is 11.3 Å². The summed E-state index contributed by atoms with van der Waals surface area (Å²) in [5.41, 5.74) is 7.51. The van der Waals surface area contributed by atoms with Gasteiger partial charge in [-0.1, -0.05) is 19.8 Å². The summed E-state index contributed by atoms with van der Waals surface area (Å²) in [7, 11) is 1.87. The molecular formula is C13H20N4OS. The van der Waals surface area contributed by atoms with Gasteiger partial charge in [0.1, 0.15) is 9.71 Å². The van der Waals surface area contributed by atoms with Crippen LogP contribution < -0.4 is 11.1 Å². The molecule has 5 nitrogen and oxygen atoms in total. The van der Waals surface area contributed by atoms with Gasteiger partial charge >= 0.3 is 0 Å². The number of amides is 1. The summed E-state index contributed by atoms with van der Waals surface area (Å²) in [6, 6.07) is 0. The number of nitrogens with one attached hydrogen (secondary N) is 1. The summed E-state index contributed by atoms with van der Waals surface area (Å²) < 4.78 is 1.78. The van der Waals surface area contributed by atoms with Crippen molar-refractivity contribution in [2.24, 2.45) is 7.05 Å². The highest BCUT2D eigenvalue weighted by Gasteiger charge is 2.20. The molecular weight excluding hydrogens is 260 g/mol. The van der Waals surface area contributed by atoms with Crippen molar-refractivity contribution >= 4 is 33.1 Å². The minimum Gasteiger partial charge on any atom is -0.397 e. The average Bonchev–Trinajstić information content (AvgIpc) is 2.85. The molecule has 3 N–H and O–H groups in total. The third kappa shape index (κ3) is 2.58. The molecule has 0 aromatic carbocycles. The molecule has 0 fully saturated rings. The monoisotopic (exact) mass is 280 g/mol. The van der Waals surface area contributed by atoms with E-state index in [1.807, 2.05) is 14.0 Å². The Morgan fingerprint density at radius 3 is 2.84 bits per heavy atom. The molecule has 2 heterocycles. The van der Waals surface area contributed by atoms with Crippen molar-refractivity contribution in [2.45, 2.75) is 33.1 Å². The maximum atomic E-state index is 12.1. The molecule has 1 amide bonds. The number of fused-ring (bicyclic) bond motifs is 1. The highest BCUT2D eigenvalue weighted by atomic mass is 32.1. The molecule has 0 bridgehead atoms. The Labute approximate surface area is 116 Å². The lowest BCUT2D eigenvalue weighted by Crippen LogP contribution is -2.24. The van der Waals surface area contributed by atoms with Gasteiger partial charge in [0.2, 0.25) is 0 Å². The van der Waals surface area contributed by atoms with Crippen LogP contribution in [0.4, 0.5) is 5.69 Å². The number of nitrogens with two attached hydrogens (primary N) is 1.